The standard InChI is InChI=1S/C16H23N3O2/c1-19(16(17)21)14-10-6-5-9-13(14)15(20)18-11-12-7-3-2-4-8-12/h5-6,9-10,12H,2-4,7-8,11H2,1H3,(H2,17,21)(H,18,20). The first-order valence-corrected chi connectivity index (χ1v) is 7.50. The molecule has 3 N–H and O–H groups in total. The fourth-order valence-electron chi connectivity index (χ4n) is 2.80. The summed E-state index contributed by atoms with van der Waals surface area (Å²) in [6, 6.07) is 6.42. The molecule has 1 aromatic carbocycles. The molecule has 1 aliphatic rings. The van der Waals surface area contributed by atoms with Gasteiger partial charge in [0.25, 0.3) is 5.91 Å². The quantitative estimate of drug-likeness (QED) is 0.893. The molecule has 1 aliphatic carbocycles. The molecule has 1 aromatic rings. The van der Waals surface area contributed by atoms with Crippen LogP contribution in [0.5, 0.6) is 0 Å². The van der Waals surface area contributed by atoms with Crippen LogP contribution >= 0.6 is 0 Å². The van der Waals surface area contributed by atoms with E-state index in [-0.39, 0.29) is 5.91 Å². The Hall–Kier alpha value is -2.04. The van der Waals surface area contributed by atoms with Gasteiger partial charge < -0.3 is 11.1 Å². The Balaban J connectivity index is 2.03. The van der Waals surface area contributed by atoms with Gasteiger partial charge in [-0.2, -0.15) is 0 Å². The summed E-state index contributed by atoms with van der Waals surface area (Å²) in [6.07, 6.45) is 6.17. The minimum Gasteiger partial charge on any atom is -0.352 e. The number of carbonyl (C=O) groups is 2. The van der Waals surface area contributed by atoms with E-state index in [1.54, 1.807) is 31.3 Å². The summed E-state index contributed by atoms with van der Waals surface area (Å²) in [6.45, 7) is 0.702. The van der Waals surface area contributed by atoms with Gasteiger partial charge in [0.15, 0.2) is 0 Å². The second-order valence-electron chi connectivity index (χ2n) is 5.63. The number of nitrogens with two attached hydrogens (primary N) is 1. The van der Waals surface area contributed by atoms with Crippen LogP contribution < -0.4 is 16.0 Å². The molecule has 0 unspecified atom stereocenters. The van der Waals surface area contributed by atoms with Crippen LogP contribution in [0.15, 0.2) is 24.3 Å². The molecule has 0 bridgehead atoms. The van der Waals surface area contributed by atoms with Crippen molar-refractivity contribution in [1.29, 1.82) is 0 Å². The van der Waals surface area contributed by atoms with E-state index >= 15 is 0 Å². The van der Waals surface area contributed by atoms with Crippen LogP contribution in [-0.2, 0) is 0 Å². The van der Waals surface area contributed by atoms with Crippen molar-refractivity contribution in [2.24, 2.45) is 11.7 Å². The van der Waals surface area contributed by atoms with E-state index in [0.29, 0.717) is 23.7 Å². The van der Waals surface area contributed by atoms with E-state index in [2.05, 4.69) is 5.32 Å². The van der Waals surface area contributed by atoms with Crippen LogP contribution in [0.4, 0.5) is 10.5 Å². The van der Waals surface area contributed by atoms with Crippen LogP contribution in [0.2, 0.25) is 0 Å². The molecule has 3 amide bonds. The zero-order valence-corrected chi connectivity index (χ0v) is 12.5. The highest BCUT2D eigenvalue weighted by Crippen LogP contribution is 2.23. The molecule has 1 fully saturated rings. The normalized spacial score (nSPS) is 15.5. The van der Waals surface area contributed by atoms with Gasteiger partial charge in [-0.3, -0.25) is 9.69 Å². The van der Waals surface area contributed by atoms with Gasteiger partial charge in [0, 0.05) is 13.6 Å². The Morgan fingerprint density at radius 1 is 1.24 bits per heavy atom. The number of nitrogens with zero attached hydrogens (tertiary/aromatic N) is 1. The van der Waals surface area contributed by atoms with Crippen molar-refractivity contribution in [3.63, 3.8) is 0 Å². The fraction of sp³-hybridized carbons (Fsp3) is 0.500. The van der Waals surface area contributed by atoms with Gasteiger partial charge >= 0.3 is 6.03 Å². The first-order valence-electron chi connectivity index (χ1n) is 7.50. The van der Waals surface area contributed by atoms with Gasteiger partial charge in [-0.15, -0.1) is 0 Å². The molecule has 1 saturated carbocycles. The summed E-state index contributed by atoms with van der Waals surface area (Å²) >= 11 is 0. The van der Waals surface area contributed by atoms with Crippen molar-refractivity contribution in [2.45, 2.75) is 32.1 Å². The highest BCUT2D eigenvalue weighted by atomic mass is 16.2. The Labute approximate surface area is 125 Å². The van der Waals surface area contributed by atoms with Crippen molar-refractivity contribution in [2.75, 3.05) is 18.5 Å². The van der Waals surface area contributed by atoms with Crippen LogP contribution in [0.3, 0.4) is 0 Å². The van der Waals surface area contributed by atoms with Crippen molar-refractivity contribution in [1.82, 2.24) is 5.32 Å². The average Bonchev–Trinajstić information content (AvgIpc) is 2.52. The number of nitrogens with one attached hydrogen (secondary N) is 1. The molecule has 0 heterocycles. The number of carbonyl (C=O) groups excluding carboxylic acids is 2. The van der Waals surface area contributed by atoms with Crippen molar-refractivity contribution in [3.8, 4) is 0 Å². The number of amides is 3. The molecule has 5 heteroatoms. The highest BCUT2D eigenvalue weighted by molar-refractivity contribution is 6.03. The molecule has 0 aromatic heterocycles. The van der Waals surface area contributed by atoms with Gasteiger partial charge in [-0.05, 0) is 30.9 Å². The number of hydrogen-bond acceptors (Lipinski definition) is 2. The number of para-hydroxylation sites is 1. The molecule has 0 atom stereocenters. The van der Waals surface area contributed by atoms with Crippen molar-refractivity contribution >= 4 is 17.6 Å². The summed E-state index contributed by atoms with van der Waals surface area (Å²) in [4.78, 5) is 24.9. The smallest absolute Gasteiger partial charge is 0.319 e. The first kappa shape index (κ1) is 15.4. The fourth-order valence-corrected chi connectivity index (χ4v) is 2.80. The van der Waals surface area contributed by atoms with E-state index < -0.39 is 6.03 Å². The monoisotopic (exact) mass is 289 g/mol. The Kier molecular flexibility index (Phi) is 5.20. The third kappa shape index (κ3) is 3.97. The molecule has 5 nitrogen and oxygen atoms in total. The summed E-state index contributed by atoms with van der Waals surface area (Å²) in [5.74, 6) is 0.424. The van der Waals surface area contributed by atoms with Gasteiger partial charge in [0.1, 0.15) is 0 Å². The van der Waals surface area contributed by atoms with Crippen molar-refractivity contribution in [3.05, 3.63) is 29.8 Å². The zero-order chi connectivity index (χ0) is 15.2. The Morgan fingerprint density at radius 3 is 2.57 bits per heavy atom. The van der Waals surface area contributed by atoms with Gasteiger partial charge in [0.05, 0.1) is 11.3 Å². The maximum atomic E-state index is 12.3. The summed E-state index contributed by atoms with van der Waals surface area (Å²) in [5, 5.41) is 2.99. The SMILES string of the molecule is CN(C(N)=O)c1ccccc1C(=O)NCC1CCCCC1. The molecule has 0 spiro atoms. The molecule has 114 valence electrons. The first-order chi connectivity index (χ1) is 10.1. The molecule has 0 saturated heterocycles. The molecule has 2 rings (SSSR count). The lowest BCUT2D eigenvalue weighted by molar-refractivity contribution is 0.0944. The van der Waals surface area contributed by atoms with Crippen LogP contribution in [-0.4, -0.2) is 25.5 Å². The number of urea groups is 1. The minimum absolute atomic E-state index is 0.149. The van der Waals surface area contributed by atoms with Crippen molar-refractivity contribution < 1.29 is 9.59 Å². The number of hydrogen-bond donors (Lipinski definition) is 2. The minimum atomic E-state index is -0.581. The molecule has 0 radical (unpaired) electrons. The van der Waals surface area contributed by atoms with E-state index in [0.717, 1.165) is 0 Å². The van der Waals surface area contributed by atoms with Gasteiger partial charge in [-0.25, -0.2) is 4.79 Å². The lowest BCUT2D eigenvalue weighted by atomic mass is 9.89. The second kappa shape index (κ2) is 7.11. The van der Waals surface area contributed by atoms with Crippen LogP contribution in [0.25, 0.3) is 0 Å². The second-order valence-corrected chi connectivity index (χ2v) is 5.63. The third-order valence-electron chi connectivity index (χ3n) is 4.12. The van der Waals surface area contributed by atoms with Gasteiger partial charge in [-0.1, -0.05) is 31.4 Å². The summed E-state index contributed by atoms with van der Waals surface area (Å²) < 4.78 is 0. The maximum absolute atomic E-state index is 12.3. The predicted molar refractivity (Wildman–Crippen MR) is 83.3 cm³/mol. The molecule has 21 heavy (non-hydrogen) atoms. The molecular weight excluding hydrogens is 266 g/mol. The van der Waals surface area contributed by atoms with E-state index in [1.165, 1.54) is 37.0 Å². The number of anilines is 1. The Morgan fingerprint density at radius 2 is 1.90 bits per heavy atom. The summed E-state index contributed by atoms with van der Waals surface area (Å²) in [5.41, 5.74) is 6.30. The number of primary amides is 1. The lowest BCUT2D eigenvalue weighted by Crippen LogP contribution is -2.35. The van der Waals surface area contributed by atoms with Crippen LogP contribution in [0.1, 0.15) is 42.5 Å². The van der Waals surface area contributed by atoms with Gasteiger partial charge in [0.2, 0.25) is 0 Å². The molecular formula is C16H23N3O2. The van der Waals surface area contributed by atoms with E-state index in [1.807, 2.05) is 0 Å². The van der Waals surface area contributed by atoms with E-state index in [9.17, 15) is 9.59 Å². The maximum Gasteiger partial charge on any atom is 0.319 e. The number of rotatable bonds is 4. The average molecular weight is 289 g/mol. The Bertz CT molecular complexity index is 510. The van der Waals surface area contributed by atoms with Crippen LogP contribution in [0, 0.1) is 5.92 Å². The summed E-state index contributed by atoms with van der Waals surface area (Å²) in [7, 11) is 1.57. The predicted octanol–water partition coefficient (Wildman–Crippen LogP) is 2.51. The lowest BCUT2D eigenvalue weighted by Gasteiger charge is -2.22. The largest absolute Gasteiger partial charge is 0.352 e. The van der Waals surface area contributed by atoms with E-state index in [4.69, 9.17) is 5.73 Å². The topological polar surface area (TPSA) is 75.4 Å². The third-order valence-corrected chi connectivity index (χ3v) is 4.12. The highest BCUT2D eigenvalue weighted by Gasteiger charge is 2.18. The molecule has 0 aliphatic heterocycles. The zero-order valence-electron chi connectivity index (χ0n) is 12.5. The number of benzene rings is 1.